The number of ether oxygens (including phenoxy) is 2. The van der Waals surface area contributed by atoms with Gasteiger partial charge in [0.2, 0.25) is 0 Å². The van der Waals surface area contributed by atoms with Gasteiger partial charge in [0, 0.05) is 12.1 Å². The van der Waals surface area contributed by atoms with Gasteiger partial charge in [-0.25, -0.2) is 0 Å². The molecule has 1 aromatic carbocycles. The van der Waals surface area contributed by atoms with E-state index in [2.05, 4.69) is 10.1 Å². The summed E-state index contributed by atoms with van der Waals surface area (Å²) < 4.78 is 33.9. The van der Waals surface area contributed by atoms with Crippen LogP contribution in [0.15, 0.2) is 41.8 Å². The maximum absolute atomic E-state index is 12.3. The minimum Gasteiger partial charge on any atom is -0.461 e. The standard InChI is InChI=1S/C16H15F2NO4S/c17-16(18)23-12-5-2-1-4-11(12)10-22-14(20)7-8-19-15(21)13-6-3-9-24-13/h1-6,9,16H,7-8,10H2,(H,19,21). The number of halogens is 2. The van der Waals surface area contributed by atoms with Crippen LogP contribution < -0.4 is 10.1 Å². The Balaban J connectivity index is 1.74. The number of hydrogen-bond acceptors (Lipinski definition) is 5. The van der Waals surface area contributed by atoms with Crippen LogP contribution in [-0.2, 0) is 16.1 Å². The van der Waals surface area contributed by atoms with Crippen molar-refractivity contribution in [1.29, 1.82) is 0 Å². The molecule has 0 spiro atoms. The second-order valence-corrected chi connectivity index (χ2v) is 5.58. The molecular formula is C16H15F2NO4S. The molecule has 8 heteroatoms. The third-order valence-corrected chi connectivity index (χ3v) is 3.81. The summed E-state index contributed by atoms with van der Waals surface area (Å²) in [4.78, 5) is 23.9. The van der Waals surface area contributed by atoms with Crippen LogP contribution in [-0.4, -0.2) is 25.0 Å². The van der Waals surface area contributed by atoms with E-state index < -0.39 is 12.6 Å². The number of rotatable bonds is 8. The highest BCUT2D eigenvalue weighted by Crippen LogP contribution is 2.21. The molecule has 24 heavy (non-hydrogen) atoms. The van der Waals surface area contributed by atoms with Crippen molar-refractivity contribution in [2.45, 2.75) is 19.6 Å². The molecule has 0 fully saturated rings. The molecule has 2 aromatic rings. The molecule has 5 nitrogen and oxygen atoms in total. The molecule has 0 aliphatic heterocycles. The van der Waals surface area contributed by atoms with Gasteiger partial charge >= 0.3 is 12.6 Å². The molecule has 128 valence electrons. The van der Waals surface area contributed by atoms with Crippen LogP contribution in [0.2, 0.25) is 0 Å². The summed E-state index contributed by atoms with van der Waals surface area (Å²) >= 11 is 1.30. The van der Waals surface area contributed by atoms with E-state index in [9.17, 15) is 18.4 Å². The van der Waals surface area contributed by atoms with Crippen molar-refractivity contribution in [3.63, 3.8) is 0 Å². The van der Waals surface area contributed by atoms with Crippen LogP contribution in [0, 0.1) is 0 Å². The molecule has 0 bridgehead atoms. The van der Waals surface area contributed by atoms with E-state index in [4.69, 9.17) is 4.74 Å². The first kappa shape index (κ1) is 17.9. The first-order valence-corrected chi connectivity index (χ1v) is 7.94. The van der Waals surface area contributed by atoms with E-state index in [0.717, 1.165) is 0 Å². The second-order valence-electron chi connectivity index (χ2n) is 4.63. The lowest BCUT2D eigenvalue weighted by atomic mass is 10.2. The van der Waals surface area contributed by atoms with Gasteiger partial charge in [-0.1, -0.05) is 24.3 Å². The Bertz CT molecular complexity index is 676. The highest BCUT2D eigenvalue weighted by atomic mass is 32.1. The summed E-state index contributed by atoms with van der Waals surface area (Å²) in [6.45, 7) is -3.00. The third-order valence-electron chi connectivity index (χ3n) is 2.94. The van der Waals surface area contributed by atoms with Gasteiger partial charge < -0.3 is 14.8 Å². The monoisotopic (exact) mass is 355 g/mol. The van der Waals surface area contributed by atoms with E-state index in [-0.39, 0.29) is 31.2 Å². The fraction of sp³-hybridized carbons (Fsp3) is 0.250. The smallest absolute Gasteiger partial charge is 0.387 e. The molecular weight excluding hydrogens is 340 g/mol. The van der Waals surface area contributed by atoms with Crippen molar-refractivity contribution in [2.24, 2.45) is 0 Å². The van der Waals surface area contributed by atoms with Gasteiger partial charge in [-0.2, -0.15) is 8.78 Å². The summed E-state index contributed by atoms with van der Waals surface area (Å²) in [5.74, 6) is -0.840. The minimum absolute atomic E-state index is 0.0189. The first-order valence-electron chi connectivity index (χ1n) is 7.06. The van der Waals surface area contributed by atoms with Gasteiger partial charge in [0.05, 0.1) is 11.3 Å². The van der Waals surface area contributed by atoms with Crippen molar-refractivity contribution in [1.82, 2.24) is 5.32 Å². The molecule has 0 saturated heterocycles. The lowest BCUT2D eigenvalue weighted by Crippen LogP contribution is -2.25. The lowest BCUT2D eigenvalue weighted by Gasteiger charge is -2.11. The van der Waals surface area contributed by atoms with Crippen molar-refractivity contribution in [2.75, 3.05) is 6.54 Å². The zero-order chi connectivity index (χ0) is 17.4. The maximum atomic E-state index is 12.3. The molecule has 0 radical (unpaired) electrons. The Kier molecular flexibility index (Phi) is 6.68. The number of thiophene rings is 1. The first-order chi connectivity index (χ1) is 11.6. The Morgan fingerprint density at radius 2 is 1.96 bits per heavy atom. The van der Waals surface area contributed by atoms with Gasteiger partial charge in [0.1, 0.15) is 12.4 Å². The van der Waals surface area contributed by atoms with E-state index in [1.165, 1.54) is 23.5 Å². The Morgan fingerprint density at radius 1 is 1.17 bits per heavy atom. The molecule has 1 amide bonds. The van der Waals surface area contributed by atoms with Crippen molar-refractivity contribution in [3.05, 3.63) is 52.2 Å². The highest BCUT2D eigenvalue weighted by Gasteiger charge is 2.12. The summed E-state index contributed by atoms with van der Waals surface area (Å²) in [5, 5.41) is 4.38. The fourth-order valence-electron chi connectivity index (χ4n) is 1.84. The van der Waals surface area contributed by atoms with E-state index in [0.29, 0.717) is 10.4 Å². The number of amides is 1. The summed E-state index contributed by atoms with van der Waals surface area (Å²) in [6, 6.07) is 9.51. The van der Waals surface area contributed by atoms with Crippen molar-refractivity contribution in [3.8, 4) is 5.75 Å². The second kappa shape index (κ2) is 8.97. The normalized spacial score (nSPS) is 10.5. The third kappa shape index (κ3) is 5.62. The fourth-order valence-corrected chi connectivity index (χ4v) is 2.48. The minimum atomic E-state index is -2.95. The molecule has 0 aliphatic carbocycles. The Morgan fingerprint density at radius 3 is 2.67 bits per heavy atom. The summed E-state index contributed by atoms with van der Waals surface area (Å²) in [6.07, 6.45) is -0.0189. The van der Waals surface area contributed by atoms with Crippen LogP contribution in [0.3, 0.4) is 0 Å². The molecule has 1 heterocycles. The van der Waals surface area contributed by atoms with E-state index in [1.54, 1.807) is 29.6 Å². The molecule has 0 atom stereocenters. The number of esters is 1. The average Bonchev–Trinajstić information content (AvgIpc) is 3.08. The largest absolute Gasteiger partial charge is 0.461 e. The number of hydrogen-bond donors (Lipinski definition) is 1. The van der Waals surface area contributed by atoms with Gasteiger partial charge in [-0.15, -0.1) is 11.3 Å². The zero-order valence-corrected chi connectivity index (χ0v) is 13.4. The van der Waals surface area contributed by atoms with Gasteiger partial charge in [0.25, 0.3) is 5.91 Å². The van der Waals surface area contributed by atoms with Crippen LogP contribution in [0.25, 0.3) is 0 Å². The maximum Gasteiger partial charge on any atom is 0.387 e. The topological polar surface area (TPSA) is 64.6 Å². The molecule has 1 N–H and O–H groups in total. The Labute approximate surface area is 141 Å². The quantitative estimate of drug-likeness (QED) is 0.739. The molecule has 0 aliphatic rings. The number of carbonyl (C=O) groups excluding carboxylic acids is 2. The molecule has 2 rings (SSSR count). The van der Waals surface area contributed by atoms with Crippen molar-refractivity contribution < 1.29 is 27.8 Å². The van der Waals surface area contributed by atoms with E-state index >= 15 is 0 Å². The van der Waals surface area contributed by atoms with Crippen LogP contribution in [0.1, 0.15) is 21.7 Å². The molecule has 0 unspecified atom stereocenters. The summed E-state index contributed by atoms with van der Waals surface area (Å²) in [7, 11) is 0. The predicted octanol–water partition coefficient (Wildman–Crippen LogP) is 3.21. The number of carbonyl (C=O) groups is 2. The average molecular weight is 355 g/mol. The number of benzene rings is 1. The van der Waals surface area contributed by atoms with Crippen molar-refractivity contribution >= 4 is 23.2 Å². The molecule has 1 aromatic heterocycles. The number of para-hydroxylation sites is 1. The van der Waals surface area contributed by atoms with Gasteiger partial charge in [-0.05, 0) is 17.5 Å². The van der Waals surface area contributed by atoms with Crippen LogP contribution >= 0.6 is 11.3 Å². The highest BCUT2D eigenvalue weighted by molar-refractivity contribution is 7.12. The SMILES string of the molecule is O=C(CCNC(=O)c1cccs1)OCc1ccccc1OC(F)F. The lowest BCUT2D eigenvalue weighted by molar-refractivity contribution is -0.144. The van der Waals surface area contributed by atoms with Crippen LogP contribution in [0.5, 0.6) is 5.75 Å². The molecule has 0 saturated carbocycles. The van der Waals surface area contributed by atoms with Crippen LogP contribution in [0.4, 0.5) is 8.78 Å². The number of nitrogens with one attached hydrogen (secondary N) is 1. The summed E-state index contributed by atoms with van der Waals surface area (Å²) in [5.41, 5.74) is 0.341. The van der Waals surface area contributed by atoms with E-state index in [1.807, 2.05) is 0 Å². The predicted molar refractivity (Wildman–Crippen MR) is 84.1 cm³/mol. The van der Waals surface area contributed by atoms with Gasteiger partial charge in [-0.3, -0.25) is 9.59 Å². The Hall–Kier alpha value is -2.48. The van der Waals surface area contributed by atoms with Gasteiger partial charge in [0.15, 0.2) is 0 Å². The zero-order valence-electron chi connectivity index (χ0n) is 12.5. The number of alkyl halides is 2.